The molecule has 2 aliphatic rings. The van der Waals surface area contributed by atoms with E-state index in [1.807, 2.05) is 0 Å². The van der Waals surface area contributed by atoms with E-state index in [-0.39, 0.29) is 17.5 Å². The van der Waals surface area contributed by atoms with Gasteiger partial charge in [0.25, 0.3) is 5.56 Å². The summed E-state index contributed by atoms with van der Waals surface area (Å²) in [4.78, 5) is 32.2. The van der Waals surface area contributed by atoms with Crippen molar-refractivity contribution in [3.05, 3.63) is 10.4 Å². The number of hydrogen-bond acceptors (Lipinski definition) is 7. The lowest BCUT2D eigenvalue weighted by Crippen LogP contribution is -2.36. The lowest BCUT2D eigenvalue weighted by atomic mass is 9.79. The number of carbonyl (C=O) groups excluding carboxylic acids is 1. The van der Waals surface area contributed by atoms with E-state index in [1.54, 1.807) is 6.92 Å². The van der Waals surface area contributed by atoms with Crippen molar-refractivity contribution in [3.8, 4) is 0 Å². The van der Waals surface area contributed by atoms with Gasteiger partial charge in [-0.25, -0.2) is 0 Å². The lowest BCUT2D eigenvalue weighted by molar-refractivity contribution is -0.145. The highest BCUT2D eigenvalue weighted by Gasteiger charge is 2.31. The quantitative estimate of drug-likeness (QED) is 0.695. The molecule has 2 unspecified atom stereocenters. The molecule has 2 heterocycles. The van der Waals surface area contributed by atoms with Crippen LogP contribution in [0.5, 0.6) is 0 Å². The van der Waals surface area contributed by atoms with Crippen LogP contribution in [-0.2, 0) is 9.53 Å². The first-order valence-corrected chi connectivity index (χ1v) is 8.62. The second-order valence-electron chi connectivity index (χ2n) is 6.55. The van der Waals surface area contributed by atoms with Crippen LogP contribution in [-0.4, -0.2) is 35.8 Å². The largest absolute Gasteiger partial charge is 0.465 e. The van der Waals surface area contributed by atoms with E-state index in [0.29, 0.717) is 43.0 Å². The lowest BCUT2D eigenvalue weighted by Gasteiger charge is -2.34. The topological polar surface area (TPSA) is 113 Å². The van der Waals surface area contributed by atoms with E-state index in [9.17, 15) is 9.59 Å². The minimum absolute atomic E-state index is 0.129. The fourth-order valence-corrected chi connectivity index (χ4v) is 3.60. The first-order valence-electron chi connectivity index (χ1n) is 8.62. The Kier molecular flexibility index (Phi) is 4.92. The SMILES string of the molecule is CCC(=O)OCC1CCCCC1CN1CNc2c1nc(N)[nH]c2=O. The molecular weight excluding hydrogens is 310 g/mol. The van der Waals surface area contributed by atoms with Crippen LogP contribution in [0.2, 0.25) is 0 Å². The van der Waals surface area contributed by atoms with Crippen LogP contribution in [0.15, 0.2) is 4.79 Å². The molecule has 1 aliphatic carbocycles. The monoisotopic (exact) mass is 335 g/mol. The van der Waals surface area contributed by atoms with Gasteiger partial charge in [0.2, 0.25) is 5.95 Å². The van der Waals surface area contributed by atoms with Gasteiger partial charge in [-0.2, -0.15) is 4.98 Å². The molecule has 4 N–H and O–H groups in total. The van der Waals surface area contributed by atoms with Crippen molar-refractivity contribution in [3.63, 3.8) is 0 Å². The van der Waals surface area contributed by atoms with Crippen LogP contribution in [0.1, 0.15) is 39.0 Å². The number of hydrogen-bond donors (Lipinski definition) is 3. The summed E-state index contributed by atoms with van der Waals surface area (Å²) >= 11 is 0. The van der Waals surface area contributed by atoms with Gasteiger partial charge < -0.3 is 20.7 Å². The molecule has 8 heteroatoms. The van der Waals surface area contributed by atoms with E-state index in [1.165, 1.54) is 12.8 Å². The predicted molar refractivity (Wildman–Crippen MR) is 91.8 cm³/mol. The number of fused-ring (bicyclic) bond motifs is 1. The third-order valence-electron chi connectivity index (χ3n) is 4.93. The maximum Gasteiger partial charge on any atom is 0.305 e. The summed E-state index contributed by atoms with van der Waals surface area (Å²) in [6.07, 6.45) is 4.93. The molecule has 0 aromatic carbocycles. The Bertz CT molecular complexity index is 660. The molecule has 0 radical (unpaired) electrons. The third-order valence-corrected chi connectivity index (χ3v) is 4.93. The van der Waals surface area contributed by atoms with E-state index in [4.69, 9.17) is 10.5 Å². The number of aromatic nitrogens is 2. The highest BCUT2D eigenvalue weighted by molar-refractivity contribution is 5.70. The van der Waals surface area contributed by atoms with Crippen LogP contribution >= 0.6 is 0 Å². The highest BCUT2D eigenvalue weighted by Crippen LogP contribution is 2.34. The Morgan fingerprint density at radius 1 is 1.38 bits per heavy atom. The van der Waals surface area contributed by atoms with Gasteiger partial charge in [-0.3, -0.25) is 14.6 Å². The molecular formula is C16H25N5O3. The van der Waals surface area contributed by atoms with Gasteiger partial charge in [-0.1, -0.05) is 19.8 Å². The normalized spacial score (nSPS) is 22.8. The molecule has 2 atom stereocenters. The van der Waals surface area contributed by atoms with Crippen LogP contribution in [0, 0.1) is 11.8 Å². The predicted octanol–water partition coefficient (Wildman–Crippen LogP) is 1.30. The zero-order chi connectivity index (χ0) is 17.1. The summed E-state index contributed by atoms with van der Waals surface area (Å²) in [5.74, 6) is 1.38. The zero-order valence-electron chi connectivity index (χ0n) is 14.0. The third kappa shape index (κ3) is 3.47. The number of aromatic amines is 1. The molecule has 0 bridgehead atoms. The van der Waals surface area contributed by atoms with Gasteiger partial charge in [0, 0.05) is 13.0 Å². The van der Waals surface area contributed by atoms with Crippen molar-refractivity contribution in [1.82, 2.24) is 9.97 Å². The number of rotatable bonds is 5. The zero-order valence-corrected chi connectivity index (χ0v) is 14.0. The van der Waals surface area contributed by atoms with Crippen LogP contribution in [0.25, 0.3) is 0 Å². The van der Waals surface area contributed by atoms with E-state index < -0.39 is 0 Å². The van der Waals surface area contributed by atoms with Crippen molar-refractivity contribution in [1.29, 1.82) is 0 Å². The Morgan fingerprint density at radius 3 is 2.88 bits per heavy atom. The molecule has 132 valence electrons. The van der Waals surface area contributed by atoms with Crippen molar-refractivity contribution in [2.24, 2.45) is 11.8 Å². The summed E-state index contributed by atoms with van der Waals surface area (Å²) in [6.45, 7) is 3.62. The molecule has 0 amide bonds. The van der Waals surface area contributed by atoms with Crippen LogP contribution in [0.3, 0.4) is 0 Å². The Balaban J connectivity index is 1.69. The Hall–Kier alpha value is -2.25. The van der Waals surface area contributed by atoms with Gasteiger partial charge in [-0.15, -0.1) is 0 Å². The van der Waals surface area contributed by atoms with Crippen molar-refractivity contribution in [2.75, 3.05) is 35.8 Å². The standard InChI is InChI=1S/C16H25N5O3/c1-2-12(22)24-8-11-6-4-3-5-10(11)7-21-9-18-13-14(21)19-16(17)20-15(13)23/h10-11,18H,2-9H2,1H3,(H3,17,19,20,23). The number of nitrogens with one attached hydrogen (secondary N) is 2. The van der Waals surface area contributed by atoms with Crippen molar-refractivity contribution >= 4 is 23.4 Å². The average Bonchev–Trinajstić information content (AvgIpc) is 2.97. The molecule has 1 saturated carbocycles. The number of nitrogen functional groups attached to an aromatic ring is 1. The molecule has 3 rings (SSSR count). The molecule has 0 saturated heterocycles. The number of nitrogens with zero attached hydrogens (tertiary/aromatic N) is 2. The van der Waals surface area contributed by atoms with Crippen molar-refractivity contribution < 1.29 is 9.53 Å². The minimum atomic E-state index is -0.239. The maximum absolute atomic E-state index is 11.9. The van der Waals surface area contributed by atoms with Gasteiger partial charge in [-0.05, 0) is 24.7 Å². The fraction of sp³-hybridized carbons (Fsp3) is 0.688. The number of ether oxygens (including phenoxy) is 1. The highest BCUT2D eigenvalue weighted by atomic mass is 16.5. The number of esters is 1. The summed E-state index contributed by atoms with van der Waals surface area (Å²) in [5, 5.41) is 3.09. The number of H-pyrrole nitrogens is 1. The molecule has 8 nitrogen and oxygen atoms in total. The first-order chi connectivity index (χ1) is 11.6. The molecule has 1 aliphatic heterocycles. The summed E-state index contributed by atoms with van der Waals surface area (Å²) < 4.78 is 5.37. The summed E-state index contributed by atoms with van der Waals surface area (Å²) in [5.41, 5.74) is 5.91. The average molecular weight is 335 g/mol. The smallest absolute Gasteiger partial charge is 0.305 e. The number of anilines is 3. The van der Waals surface area contributed by atoms with Gasteiger partial charge in [0.1, 0.15) is 5.69 Å². The summed E-state index contributed by atoms with van der Waals surface area (Å²) in [6, 6.07) is 0. The van der Waals surface area contributed by atoms with E-state index in [0.717, 1.165) is 19.4 Å². The first kappa shape index (κ1) is 16.6. The van der Waals surface area contributed by atoms with Crippen molar-refractivity contribution in [2.45, 2.75) is 39.0 Å². The number of nitrogens with two attached hydrogens (primary N) is 1. The van der Waals surface area contributed by atoms with Gasteiger partial charge >= 0.3 is 5.97 Å². The Labute approximate surface area is 140 Å². The second kappa shape index (κ2) is 7.11. The molecule has 1 aromatic rings. The number of carbonyl (C=O) groups is 1. The van der Waals surface area contributed by atoms with Gasteiger partial charge in [0.05, 0.1) is 13.3 Å². The van der Waals surface area contributed by atoms with E-state index in [2.05, 4.69) is 20.2 Å². The second-order valence-corrected chi connectivity index (χ2v) is 6.55. The van der Waals surface area contributed by atoms with Gasteiger partial charge in [0.15, 0.2) is 5.82 Å². The molecule has 1 aromatic heterocycles. The maximum atomic E-state index is 11.9. The minimum Gasteiger partial charge on any atom is -0.465 e. The van der Waals surface area contributed by atoms with E-state index >= 15 is 0 Å². The molecule has 1 fully saturated rings. The fourth-order valence-electron chi connectivity index (χ4n) is 3.60. The van der Waals surface area contributed by atoms with Crippen LogP contribution < -0.4 is 21.5 Å². The summed E-state index contributed by atoms with van der Waals surface area (Å²) in [7, 11) is 0. The molecule has 24 heavy (non-hydrogen) atoms. The van der Waals surface area contributed by atoms with Crippen LogP contribution in [0.4, 0.5) is 17.5 Å². The molecule has 0 spiro atoms. The Morgan fingerprint density at radius 2 is 2.12 bits per heavy atom.